The topological polar surface area (TPSA) is 30.0 Å². The molecule has 0 radical (unpaired) electrons. The Morgan fingerprint density at radius 3 is 2.75 bits per heavy atom. The van der Waals surface area contributed by atoms with Crippen LogP contribution in [-0.4, -0.2) is 10.8 Å². The van der Waals surface area contributed by atoms with Gasteiger partial charge in [-0.2, -0.15) is 0 Å². The van der Waals surface area contributed by atoms with E-state index in [4.69, 9.17) is 0 Å². The lowest BCUT2D eigenvalue weighted by molar-refractivity contribution is 0.102. The second-order valence-corrected chi connectivity index (χ2v) is 5.43. The van der Waals surface area contributed by atoms with Gasteiger partial charge >= 0.3 is 0 Å². The highest BCUT2D eigenvalue weighted by atomic mass is 79.9. The summed E-state index contributed by atoms with van der Waals surface area (Å²) in [5.41, 5.74) is 2.22. The van der Waals surface area contributed by atoms with E-state index in [1.165, 1.54) is 16.9 Å². The van der Waals surface area contributed by atoms with E-state index in [0.29, 0.717) is 4.88 Å². The maximum Gasteiger partial charge on any atom is 0.171 e. The Morgan fingerprint density at radius 2 is 2.19 bits per heavy atom. The molecule has 0 aliphatic rings. The summed E-state index contributed by atoms with van der Waals surface area (Å²) in [5.74, 6) is 0.0647. The molecule has 0 aliphatic heterocycles. The van der Waals surface area contributed by atoms with Gasteiger partial charge in [-0.25, -0.2) is 4.98 Å². The number of hydrogen-bond acceptors (Lipinski definition) is 3. The van der Waals surface area contributed by atoms with Gasteiger partial charge < -0.3 is 0 Å². The molecule has 0 fully saturated rings. The van der Waals surface area contributed by atoms with Crippen LogP contribution in [0.3, 0.4) is 0 Å². The number of aryl methyl sites for hydroxylation is 1. The zero-order valence-electron chi connectivity index (χ0n) is 8.95. The van der Waals surface area contributed by atoms with Crippen LogP contribution in [-0.2, 0) is 0 Å². The zero-order valence-corrected chi connectivity index (χ0v) is 11.4. The molecule has 0 N–H and O–H groups in total. The Balaban J connectivity index is 2.42. The number of benzene rings is 1. The van der Waals surface area contributed by atoms with Crippen molar-refractivity contribution in [2.75, 3.05) is 0 Å². The number of ketones is 1. The molecule has 1 aromatic heterocycles. The largest absolute Gasteiger partial charge is 0.294 e. The fourth-order valence-electron chi connectivity index (χ4n) is 1.30. The lowest BCUT2D eigenvalue weighted by atomic mass is 10.2. The van der Waals surface area contributed by atoms with Gasteiger partial charge in [0.2, 0.25) is 0 Å². The van der Waals surface area contributed by atoms with Gasteiger partial charge in [0.05, 0.1) is 4.88 Å². The van der Waals surface area contributed by atoms with Crippen molar-refractivity contribution in [1.29, 1.82) is 0 Å². The maximum atomic E-state index is 11.2. The first-order valence-corrected chi connectivity index (χ1v) is 6.42. The van der Waals surface area contributed by atoms with Crippen LogP contribution in [0.2, 0.25) is 0 Å². The lowest BCUT2D eigenvalue weighted by Crippen LogP contribution is -1.83. The zero-order chi connectivity index (χ0) is 11.7. The fourth-order valence-corrected chi connectivity index (χ4v) is 2.48. The second-order valence-electron chi connectivity index (χ2n) is 3.55. The molecule has 0 saturated heterocycles. The SMILES string of the molecule is CC(=O)c1cnc(-c2ccc(C)c(Br)c2)s1. The monoisotopic (exact) mass is 295 g/mol. The smallest absolute Gasteiger partial charge is 0.171 e. The Morgan fingerprint density at radius 1 is 1.44 bits per heavy atom. The van der Waals surface area contributed by atoms with Crippen molar-refractivity contribution in [3.05, 3.63) is 39.3 Å². The molecule has 4 heteroatoms. The van der Waals surface area contributed by atoms with Crippen molar-refractivity contribution in [2.45, 2.75) is 13.8 Å². The van der Waals surface area contributed by atoms with E-state index in [-0.39, 0.29) is 5.78 Å². The minimum Gasteiger partial charge on any atom is -0.294 e. The van der Waals surface area contributed by atoms with Crippen molar-refractivity contribution >= 4 is 33.0 Å². The normalized spacial score (nSPS) is 10.4. The molecule has 16 heavy (non-hydrogen) atoms. The predicted molar refractivity (Wildman–Crippen MR) is 70.0 cm³/mol. The van der Waals surface area contributed by atoms with E-state index in [0.717, 1.165) is 15.0 Å². The number of carbonyl (C=O) groups is 1. The standard InChI is InChI=1S/C12H10BrNOS/c1-7-3-4-9(5-10(7)13)12-14-6-11(16-12)8(2)15/h3-6H,1-2H3. The van der Waals surface area contributed by atoms with Crippen molar-refractivity contribution < 1.29 is 4.79 Å². The van der Waals surface area contributed by atoms with Crippen LogP contribution in [0, 0.1) is 6.92 Å². The number of hydrogen-bond donors (Lipinski definition) is 0. The molecule has 0 spiro atoms. The molecular formula is C12H10BrNOS. The number of nitrogens with zero attached hydrogens (tertiary/aromatic N) is 1. The molecule has 0 unspecified atom stereocenters. The van der Waals surface area contributed by atoms with E-state index in [9.17, 15) is 4.79 Å². The first-order chi connectivity index (χ1) is 7.58. The van der Waals surface area contributed by atoms with E-state index in [1.54, 1.807) is 13.1 Å². The third-order valence-electron chi connectivity index (χ3n) is 2.27. The van der Waals surface area contributed by atoms with Crippen LogP contribution < -0.4 is 0 Å². The average Bonchev–Trinajstić information content (AvgIpc) is 2.71. The molecule has 0 saturated carbocycles. The highest BCUT2D eigenvalue weighted by Gasteiger charge is 2.08. The number of aromatic nitrogens is 1. The first-order valence-electron chi connectivity index (χ1n) is 4.81. The number of Topliss-reactive ketones (excluding diaryl/α,β-unsaturated/α-hetero) is 1. The Hall–Kier alpha value is -1.000. The highest BCUT2D eigenvalue weighted by Crippen LogP contribution is 2.28. The van der Waals surface area contributed by atoms with Crippen molar-refractivity contribution in [3.8, 4) is 10.6 Å². The van der Waals surface area contributed by atoms with Gasteiger partial charge in [0.1, 0.15) is 5.01 Å². The van der Waals surface area contributed by atoms with Crippen LogP contribution in [0.25, 0.3) is 10.6 Å². The van der Waals surface area contributed by atoms with Gasteiger partial charge in [0.25, 0.3) is 0 Å². The molecule has 0 bridgehead atoms. The molecule has 2 nitrogen and oxygen atoms in total. The number of rotatable bonds is 2. The van der Waals surface area contributed by atoms with E-state index < -0.39 is 0 Å². The van der Waals surface area contributed by atoms with E-state index in [1.807, 2.05) is 25.1 Å². The van der Waals surface area contributed by atoms with Crippen molar-refractivity contribution in [1.82, 2.24) is 4.98 Å². The van der Waals surface area contributed by atoms with Gasteiger partial charge in [-0.1, -0.05) is 28.1 Å². The Labute approximate surface area is 106 Å². The third kappa shape index (κ3) is 2.23. The van der Waals surface area contributed by atoms with Crippen LogP contribution >= 0.6 is 27.3 Å². The fraction of sp³-hybridized carbons (Fsp3) is 0.167. The predicted octanol–water partition coefficient (Wildman–Crippen LogP) is 4.08. The highest BCUT2D eigenvalue weighted by molar-refractivity contribution is 9.10. The molecular weight excluding hydrogens is 286 g/mol. The van der Waals surface area contributed by atoms with E-state index in [2.05, 4.69) is 20.9 Å². The quantitative estimate of drug-likeness (QED) is 0.781. The summed E-state index contributed by atoms with van der Waals surface area (Å²) >= 11 is 4.92. The minimum absolute atomic E-state index is 0.0647. The minimum atomic E-state index is 0.0647. The summed E-state index contributed by atoms with van der Waals surface area (Å²) in [5, 5.41) is 0.880. The van der Waals surface area contributed by atoms with E-state index >= 15 is 0 Å². The van der Waals surface area contributed by atoms with Gasteiger partial charge in [0, 0.05) is 23.2 Å². The van der Waals surface area contributed by atoms with Crippen molar-refractivity contribution in [2.24, 2.45) is 0 Å². The molecule has 0 amide bonds. The van der Waals surface area contributed by atoms with Gasteiger partial charge in [-0.05, 0) is 18.6 Å². The molecule has 0 aliphatic carbocycles. The lowest BCUT2D eigenvalue weighted by Gasteiger charge is -2.00. The summed E-state index contributed by atoms with van der Waals surface area (Å²) in [6.45, 7) is 3.60. The van der Waals surface area contributed by atoms with Crippen LogP contribution in [0.15, 0.2) is 28.9 Å². The summed E-state index contributed by atoms with van der Waals surface area (Å²) < 4.78 is 1.06. The second kappa shape index (κ2) is 4.47. The summed E-state index contributed by atoms with van der Waals surface area (Å²) in [7, 11) is 0. The average molecular weight is 296 g/mol. The summed E-state index contributed by atoms with van der Waals surface area (Å²) in [4.78, 5) is 16.1. The van der Waals surface area contributed by atoms with Gasteiger partial charge in [0.15, 0.2) is 5.78 Å². The Kier molecular flexibility index (Phi) is 3.21. The molecule has 1 aromatic carbocycles. The number of halogens is 1. The Bertz CT molecular complexity index is 548. The summed E-state index contributed by atoms with van der Waals surface area (Å²) in [6, 6.07) is 6.08. The first kappa shape index (κ1) is 11.5. The van der Waals surface area contributed by atoms with Crippen LogP contribution in [0.1, 0.15) is 22.2 Å². The van der Waals surface area contributed by atoms with Gasteiger partial charge in [-0.15, -0.1) is 11.3 Å². The van der Waals surface area contributed by atoms with Crippen molar-refractivity contribution in [3.63, 3.8) is 0 Å². The third-order valence-corrected chi connectivity index (χ3v) is 4.27. The van der Waals surface area contributed by atoms with Crippen LogP contribution in [0.5, 0.6) is 0 Å². The molecule has 2 aromatic rings. The molecule has 2 rings (SSSR count). The maximum absolute atomic E-state index is 11.2. The molecule has 0 atom stereocenters. The van der Waals surface area contributed by atoms with Gasteiger partial charge in [-0.3, -0.25) is 4.79 Å². The molecule has 82 valence electrons. The van der Waals surface area contributed by atoms with Crippen LogP contribution in [0.4, 0.5) is 0 Å². The number of carbonyl (C=O) groups excluding carboxylic acids is 1. The number of thiazole rings is 1. The summed E-state index contributed by atoms with van der Waals surface area (Å²) in [6.07, 6.45) is 1.64. The molecule has 1 heterocycles.